The van der Waals surface area contributed by atoms with Gasteiger partial charge >= 0.3 is 0 Å². The molecule has 0 spiro atoms. The average molecular weight is 245 g/mol. The summed E-state index contributed by atoms with van der Waals surface area (Å²) in [6.07, 6.45) is 3.61. The second-order valence-electron chi connectivity index (χ2n) is 4.84. The van der Waals surface area contributed by atoms with Crippen molar-refractivity contribution in [2.75, 3.05) is 7.05 Å². The molecule has 1 unspecified atom stereocenters. The van der Waals surface area contributed by atoms with Crippen LogP contribution >= 0.6 is 0 Å². The summed E-state index contributed by atoms with van der Waals surface area (Å²) >= 11 is 0. The normalized spacial score (nSPS) is 13.1. The molecule has 0 amide bonds. The first kappa shape index (κ1) is 13.1. The number of aryl methyl sites for hydroxylation is 2. The van der Waals surface area contributed by atoms with Gasteiger partial charge in [-0.05, 0) is 45.4 Å². The fraction of sp³-hybridized carbons (Fsp3) is 0.533. The van der Waals surface area contributed by atoms with Crippen LogP contribution in [0.3, 0.4) is 0 Å². The van der Waals surface area contributed by atoms with Gasteiger partial charge in [0.05, 0.1) is 11.0 Å². The van der Waals surface area contributed by atoms with Crippen molar-refractivity contribution in [3.63, 3.8) is 0 Å². The highest BCUT2D eigenvalue weighted by Gasteiger charge is 2.07. The standard InChI is InChI=1S/C15H23N3/c1-4-13(16-3)8-7-11-18-12(2)17-14-9-5-6-10-15(14)18/h5-6,9-10,13,16H,4,7-8,11H2,1-3H3. The van der Waals surface area contributed by atoms with Crippen molar-refractivity contribution >= 4 is 11.0 Å². The third-order valence-corrected chi connectivity index (χ3v) is 3.68. The predicted octanol–water partition coefficient (Wildman–Crippen LogP) is 3.12. The molecule has 0 saturated heterocycles. The highest BCUT2D eigenvalue weighted by molar-refractivity contribution is 5.75. The van der Waals surface area contributed by atoms with Gasteiger partial charge in [0.2, 0.25) is 0 Å². The lowest BCUT2D eigenvalue weighted by Crippen LogP contribution is -2.24. The number of para-hydroxylation sites is 2. The van der Waals surface area contributed by atoms with Gasteiger partial charge in [0.15, 0.2) is 0 Å². The summed E-state index contributed by atoms with van der Waals surface area (Å²) in [5.74, 6) is 1.12. The van der Waals surface area contributed by atoms with Gasteiger partial charge in [0.25, 0.3) is 0 Å². The Balaban J connectivity index is 2.05. The van der Waals surface area contributed by atoms with Crippen molar-refractivity contribution in [1.82, 2.24) is 14.9 Å². The molecule has 1 heterocycles. The van der Waals surface area contributed by atoms with E-state index in [1.807, 2.05) is 13.1 Å². The number of nitrogens with zero attached hydrogens (tertiary/aromatic N) is 2. The molecule has 0 fully saturated rings. The predicted molar refractivity (Wildman–Crippen MR) is 76.8 cm³/mol. The fourth-order valence-electron chi connectivity index (χ4n) is 2.53. The molecule has 1 N–H and O–H groups in total. The Hall–Kier alpha value is -1.35. The van der Waals surface area contributed by atoms with Crippen LogP contribution in [0.1, 0.15) is 32.0 Å². The van der Waals surface area contributed by atoms with Gasteiger partial charge in [-0.15, -0.1) is 0 Å². The van der Waals surface area contributed by atoms with E-state index in [1.54, 1.807) is 0 Å². The highest BCUT2D eigenvalue weighted by Crippen LogP contribution is 2.16. The molecule has 1 atom stereocenters. The van der Waals surface area contributed by atoms with Crippen molar-refractivity contribution in [3.8, 4) is 0 Å². The number of hydrogen-bond donors (Lipinski definition) is 1. The van der Waals surface area contributed by atoms with E-state index in [9.17, 15) is 0 Å². The third kappa shape index (κ3) is 2.72. The lowest BCUT2D eigenvalue weighted by atomic mass is 10.1. The molecule has 0 radical (unpaired) electrons. The Kier molecular flexibility index (Phi) is 4.37. The van der Waals surface area contributed by atoms with Crippen LogP contribution in [0.25, 0.3) is 11.0 Å². The number of imidazole rings is 1. The number of aromatic nitrogens is 2. The van der Waals surface area contributed by atoms with E-state index in [4.69, 9.17) is 0 Å². The molecule has 18 heavy (non-hydrogen) atoms. The van der Waals surface area contributed by atoms with E-state index in [0.29, 0.717) is 6.04 Å². The smallest absolute Gasteiger partial charge is 0.106 e. The summed E-state index contributed by atoms with van der Waals surface area (Å²) in [5.41, 5.74) is 2.36. The van der Waals surface area contributed by atoms with E-state index in [-0.39, 0.29) is 0 Å². The zero-order valence-electron chi connectivity index (χ0n) is 11.6. The maximum Gasteiger partial charge on any atom is 0.106 e. The number of rotatable bonds is 6. The van der Waals surface area contributed by atoms with Crippen LogP contribution in [-0.4, -0.2) is 22.6 Å². The number of benzene rings is 1. The topological polar surface area (TPSA) is 29.9 Å². The molecular weight excluding hydrogens is 222 g/mol. The van der Waals surface area contributed by atoms with Crippen LogP contribution in [0.4, 0.5) is 0 Å². The summed E-state index contributed by atoms with van der Waals surface area (Å²) in [6.45, 7) is 5.39. The van der Waals surface area contributed by atoms with Crippen LogP contribution < -0.4 is 5.32 Å². The average Bonchev–Trinajstić information content (AvgIpc) is 2.71. The number of fused-ring (bicyclic) bond motifs is 1. The Morgan fingerprint density at radius 2 is 2.11 bits per heavy atom. The molecule has 0 saturated carbocycles. The van der Waals surface area contributed by atoms with Gasteiger partial charge in [-0.2, -0.15) is 0 Å². The summed E-state index contributed by atoms with van der Waals surface area (Å²) in [7, 11) is 2.05. The van der Waals surface area contributed by atoms with Crippen LogP contribution in [-0.2, 0) is 6.54 Å². The van der Waals surface area contributed by atoms with Gasteiger partial charge in [-0.1, -0.05) is 19.1 Å². The largest absolute Gasteiger partial charge is 0.328 e. The molecule has 98 valence electrons. The van der Waals surface area contributed by atoms with Gasteiger partial charge in [0.1, 0.15) is 5.82 Å². The fourth-order valence-corrected chi connectivity index (χ4v) is 2.53. The zero-order valence-corrected chi connectivity index (χ0v) is 11.6. The number of hydrogen-bond acceptors (Lipinski definition) is 2. The Labute approximate surface area is 109 Å². The minimum absolute atomic E-state index is 0.639. The molecule has 0 aliphatic rings. The summed E-state index contributed by atoms with van der Waals surface area (Å²) in [4.78, 5) is 4.60. The molecule has 3 heteroatoms. The van der Waals surface area contributed by atoms with Crippen molar-refractivity contribution in [2.45, 2.75) is 45.7 Å². The first-order valence-corrected chi connectivity index (χ1v) is 6.85. The summed E-state index contributed by atoms with van der Waals surface area (Å²) in [5, 5.41) is 3.36. The van der Waals surface area contributed by atoms with Crippen molar-refractivity contribution in [1.29, 1.82) is 0 Å². The molecule has 3 nitrogen and oxygen atoms in total. The van der Waals surface area contributed by atoms with Gasteiger partial charge in [-0.25, -0.2) is 4.98 Å². The van der Waals surface area contributed by atoms with E-state index >= 15 is 0 Å². The Morgan fingerprint density at radius 1 is 1.33 bits per heavy atom. The number of nitrogens with one attached hydrogen (secondary N) is 1. The molecule has 0 aliphatic heterocycles. The molecule has 1 aromatic carbocycles. The Morgan fingerprint density at radius 3 is 2.83 bits per heavy atom. The monoisotopic (exact) mass is 245 g/mol. The maximum atomic E-state index is 4.60. The molecule has 1 aromatic heterocycles. The van der Waals surface area contributed by atoms with Crippen LogP contribution in [0.5, 0.6) is 0 Å². The Bertz CT molecular complexity index is 497. The molecular formula is C15H23N3. The minimum atomic E-state index is 0.639. The second-order valence-corrected chi connectivity index (χ2v) is 4.84. The first-order chi connectivity index (χ1) is 8.76. The molecule has 0 aliphatic carbocycles. The lowest BCUT2D eigenvalue weighted by Gasteiger charge is -2.14. The SMILES string of the molecule is CCC(CCCn1c(C)nc2ccccc21)NC. The first-order valence-electron chi connectivity index (χ1n) is 6.85. The minimum Gasteiger partial charge on any atom is -0.328 e. The highest BCUT2D eigenvalue weighted by atomic mass is 15.1. The lowest BCUT2D eigenvalue weighted by molar-refractivity contribution is 0.469. The zero-order chi connectivity index (χ0) is 13.0. The second kappa shape index (κ2) is 6.01. The van der Waals surface area contributed by atoms with Gasteiger partial charge in [-0.3, -0.25) is 0 Å². The van der Waals surface area contributed by atoms with Gasteiger partial charge < -0.3 is 9.88 Å². The third-order valence-electron chi connectivity index (χ3n) is 3.68. The van der Waals surface area contributed by atoms with Gasteiger partial charge in [0, 0.05) is 12.6 Å². The van der Waals surface area contributed by atoms with E-state index < -0.39 is 0 Å². The van der Waals surface area contributed by atoms with Crippen molar-refractivity contribution < 1.29 is 0 Å². The van der Waals surface area contributed by atoms with Crippen LogP contribution in [0, 0.1) is 6.92 Å². The van der Waals surface area contributed by atoms with E-state index in [2.05, 4.69) is 46.9 Å². The van der Waals surface area contributed by atoms with Crippen LogP contribution in [0.2, 0.25) is 0 Å². The summed E-state index contributed by atoms with van der Waals surface area (Å²) in [6, 6.07) is 9.02. The molecule has 2 rings (SSSR count). The maximum absolute atomic E-state index is 4.60. The molecule has 2 aromatic rings. The van der Waals surface area contributed by atoms with E-state index in [0.717, 1.165) is 17.9 Å². The quantitative estimate of drug-likeness (QED) is 0.847. The van der Waals surface area contributed by atoms with Crippen molar-refractivity contribution in [2.24, 2.45) is 0 Å². The molecule has 0 bridgehead atoms. The van der Waals surface area contributed by atoms with Crippen LogP contribution in [0.15, 0.2) is 24.3 Å². The summed E-state index contributed by atoms with van der Waals surface area (Å²) < 4.78 is 2.33. The van der Waals surface area contributed by atoms with Crippen molar-refractivity contribution in [3.05, 3.63) is 30.1 Å². The van der Waals surface area contributed by atoms with E-state index in [1.165, 1.54) is 24.8 Å².